The van der Waals surface area contributed by atoms with Crippen LogP contribution in [-0.2, 0) is 24.4 Å². The second-order valence-corrected chi connectivity index (χ2v) is 7.37. The van der Waals surface area contributed by atoms with Gasteiger partial charge in [0.1, 0.15) is 5.69 Å². The smallest absolute Gasteiger partial charge is 0.273 e. The molecule has 2 aromatic rings. The van der Waals surface area contributed by atoms with E-state index in [4.69, 9.17) is 0 Å². The summed E-state index contributed by atoms with van der Waals surface area (Å²) in [6, 6.07) is 1.98. The highest BCUT2D eigenvalue weighted by Crippen LogP contribution is 2.24. The van der Waals surface area contributed by atoms with Crippen molar-refractivity contribution in [2.24, 2.45) is 5.92 Å². The molecular formula is C17H21N5O2S. The molecule has 1 N–H and O–H groups in total. The van der Waals surface area contributed by atoms with Crippen molar-refractivity contribution >= 4 is 23.2 Å². The first kappa shape index (κ1) is 16.3. The van der Waals surface area contributed by atoms with Gasteiger partial charge in [0.2, 0.25) is 5.91 Å². The van der Waals surface area contributed by atoms with Crippen molar-refractivity contribution in [2.45, 2.75) is 45.3 Å². The van der Waals surface area contributed by atoms with Gasteiger partial charge in [-0.1, -0.05) is 12.8 Å². The fourth-order valence-corrected chi connectivity index (χ4v) is 4.10. The highest BCUT2D eigenvalue weighted by molar-refractivity contribution is 7.07. The Morgan fingerprint density at radius 3 is 2.88 bits per heavy atom. The third-order valence-electron chi connectivity index (χ3n) is 4.96. The summed E-state index contributed by atoms with van der Waals surface area (Å²) in [6.45, 7) is 2.27. The van der Waals surface area contributed by atoms with Gasteiger partial charge in [0.15, 0.2) is 0 Å². The zero-order chi connectivity index (χ0) is 17.2. The van der Waals surface area contributed by atoms with Crippen LogP contribution in [0.3, 0.4) is 0 Å². The summed E-state index contributed by atoms with van der Waals surface area (Å²) < 4.78 is 1.93. The lowest BCUT2D eigenvalue weighted by Gasteiger charge is -2.27. The average Bonchev–Trinajstić information content (AvgIpc) is 3.39. The molecule has 4 rings (SSSR count). The van der Waals surface area contributed by atoms with Gasteiger partial charge in [-0.15, -0.1) is 11.3 Å². The molecule has 0 spiro atoms. The van der Waals surface area contributed by atoms with E-state index in [2.05, 4.69) is 15.4 Å². The lowest BCUT2D eigenvalue weighted by atomic mass is 10.1. The quantitative estimate of drug-likeness (QED) is 0.903. The van der Waals surface area contributed by atoms with E-state index in [1.807, 2.05) is 10.7 Å². The van der Waals surface area contributed by atoms with E-state index in [1.54, 1.807) is 15.8 Å². The van der Waals surface area contributed by atoms with Gasteiger partial charge in [-0.3, -0.25) is 14.3 Å². The summed E-state index contributed by atoms with van der Waals surface area (Å²) in [5.41, 5.74) is 4.03. The molecule has 25 heavy (non-hydrogen) atoms. The van der Waals surface area contributed by atoms with Crippen LogP contribution in [0.5, 0.6) is 0 Å². The molecule has 1 aliphatic heterocycles. The number of fused-ring (bicyclic) bond motifs is 1. The van der Waals surface area contributed by atoms with E-state index in [9.17, 15) is 9.59 Å². The fourth-order valence-electron chi connectivity index (χ4n) is 3.58. The zero-order valence-electron chi connectivity index (χ0n) is 14.0. The van der Waals surface area contributed by atoms with E-state index in [1.165, 1.54) is 11.3 Å². The van der Waals surface area contributed by atoms with Crippen LogP contribution >= 0.6 is 11.3 Å². The van der Waals surface area contributed by atoms with Crippen LogP contribution in [0.25, 0.3) is 0 Å². The summed E-state index contributed by atoms with van der Waals surface area (Å²) in [4.78, 5) is 30.4. The SMILES string of the molecule is O=C(NCc1cc2n(n1)CCN(C(=O)c1cscn1)C2)C1CCCC1. The molecule has 8 heteroatoms. The number of amides is 2. The van der Waals surface area contributed by atoms with Gasteiger partial charge in [0, 0.05) is 17.8 Å². The molecule has 0 unspecified atom stereocenters. The molecule has 0 saturated heterocycles. The number of carbonyl (C=O) groups excluding carboxylic acids is 2. The minimum absolute atomic E-state index is 0.0372. The summed E-state index contributed by atoms with van der Waals surface area (Å²) in [6.07, 6.45) is 4.30. The number of rotatable bonds is 4. The van der Waals surface area contributed by atoms with E-state index in [0.29, 0.717) is 31.9 Å². The van der Waals surface area contributed by atoms with Crippen molar-refractivity contribution in [1.29, 1.82) is 0 Å². The topological polar surface area (TPSA) is 80.1 Å². The Balaban J connectivity index is 1.37. The first-order chi connectivity index (χ1) is 12.2. The minimum atomic E-state index is -0.0372. The highest BCUT2D eigenvalue weighted by atomic mass is 32.1. The molecule has 2 amide bonds. The lowest BCUT2D eigenvalue weighted by molar-refractivity contribution is -0.125. The number of hydrogen-bond donors (Lipinski definition) is 1. The van der Waals surface area contributed by atoms with E-state index >= 15 is 0 Å². The summed E-state index contributed by atoms with van der Waals surface area (Å²) >= 11 is 1.42. The second kappa shape index (κ2) is 6.95. The number of aromatic nitrogens is 3. The molecule has 0 atom stereocenters. The monoisotopic (exact) mass is 359 g/mol. The molecule has 2 aliphatic rings. The number of thiazole rings is 1. The Labute approximate surface area is 150 Å². The van der Waals surface area contributed by atoms with Crippen molar-refractivity contribution in [1.82, 2.24) is 25.0 Å². The molecule has 1 aliphatic carbocycles. The number of carbonyl (C=O) groups is 2. The van der Waals surface area contributed by atoms with Gasteiger partial charge in [-0.05, 0) is 18.9 Å². The van der Waals surface area contributed by atoms with Crippen molar-refractivity contribution in [3.63, 3.8) is 0 Å². The van der Waals surface area contributed by atoms with Gasteiger partial charge >= 0.3 is 0 Å². The van der Waals surface area contributed by atoms with Crippen molar-refractivity contribution < 1.29 is 9.59 Å². The van der Waals surface area contributed by atoms with Crippen LogP contribution < -0.4 is 5.32 Å². The van der Waals surface area contributed by atoms with Crippen LogP contribution in [0.1, 0.15) is 47.6 Å². The van der Waals surface area contributed by atoms with Crippen LogP contribution in [0.4, 0.5) is 0 Å². The maximum atomic E-state index is 12.4. The van der Waals surface area contributed by atoms with Crippen LogP contribution in [0.15, 0.2) is 17.0 Å². The van der Waals surface area contributed by atoms with Gasteiger partial charge in [-0.25, -0.2) is 4.98 Å². The number of nitrogens with zero attached hydrogens (tertiary/aromatic N) is 4. The molecule has 1 saturated carbocycles. The lowest BCUT2D eigenvalue weighted by Crippen LogP contribution is -2.38. The maximum absolute atomic E-state index is 12.4. The molecule has 2 aromatic heterocycles. The number of hydrogen-bond acceptors (Lipinski definition) is 5. The first-order valence-corrected chi connectivity index (χ1v) is 9.66. The highest BCUT2D eigenvalue weighted by Gasteiger charge is 2.25. The molecule has 7 nitrogen and oxygen atoms in total. The Bertz CT molecular complexity index is 764. The Kier molecular flexibility index (Phi) is 4.52. The molecule has 0 radical (unpaired) electrons. The maximum Gasteiger partial charge on any atom is 0.273 e. The van der Waals surface area contributed by atoms with Crippen molar-refractivity contribution in [3.05, 3.63) is 34.0 Å². The van der Waals surface area contributed by atoms with Gasteiger partial charge < -0.3 is 10.2 Å². The standard InChI is InChI=1S/C17H21N5O2S/c23-16(12-3-1-2-4-12)18-8-13-7-14-9-21(5-6-22(14)20-13)17(24)15-10-25-11-19-15/h7,10-12H,1-6,8-9H2,(H,18,23). The zero-order valence-corrected chi connectivity index (χ0v) is 14.8. The summed E-state index contributed by atoms with van der Waals surface area (Å²) in [5.74, 6) is 0.275. The van der Waals surface area contributed by atoms with Crippen LogP contribution in [0, 0.1) is 5.92 Å². The van der Waals surface area contributed by atoms with Crippen molar-refractivity contribution in [2.75, 3.05) is 6.54 Å². The van der Waals surface area contributed by atoms with Gasteiger partial charge in [-0.2, -0.15) is 5.10 Å². The number of nitrogens with one attached hydrogen (secondary N) is 1. The van der Waals surface area contributed by atoms with E-state index < -0.39 is 0 Å². The normalized spacial score (nSPS) is 17.5. The largest absolute Gasteiger partial charge is 0.350 e. The predicted molar refractivity (Wildman–Crippen MR) is 92.9 cm³/mol. The second-order valence-electron chi connectivity index (χ2n) is 6.65. The third kappa shape index (κ3) is 3.44. The molecule has 0 bridgehead atoms. The molecule has 3 heterocycles. The Morgan fingerprint density at radius 1 is 1.28 bits per heavy atom. The summed E-state index contributed by atoms with van der Waals surface area (Å²) in [5, 5.41) is 9.33. The fraction of sp³-hybridized carbons (Fsp3) is 0.529. The van der Waals surface area contributed by atoms with E-state index in [0.717, 1.165) is 37.1 Å². The minimum Gasteiger partial charge on any atom is -0.350 e. The average molecular weight is 359 g/mol. The Hall–Kier alpha value is -2.22. The summed E-state index contributed by atoms with van der Waals surface area (Å²) in [7, 11) is 0. The van der Waals surface area contributed by atoms with Gasteiger partial charge in [0.05, 0.1) is 36.5 Å². The molecular weight excluding hydrogens is 338 g/mol. The van der Waals surface area contributed by atoms with Crippen LogP contribution in [0.2, 0.25) is 0 Å². The predicted octanol–water partition coefficient (Wildman–Crippen LogP) is 1.80. The first-order valence-electron chi connectivity index (χ1n) is 8.71. The Morgan fingerprint density at radius 2 is 2.12 bits per heavy atom. The van der Waals surface area contributed by atoms with Crippen molar-refractivity contribution in [3.8, 4) is 0 Å². The van der Waals surface area contributed by atoms with Crippen LogP contribution in [-0.4, -0.2) is 38.0 Å². The molecule has 132 valence electrons. The van der Waals surface area contributed by atoms with E-state index in [-0.39, 0.29) is 17.7 Å². The molecule has 1 fully saturated rings. The third-order valence-corrected chi connectivity index (χ3v) is 5.54. The molecule has 0 aromatic carbocycles. The van der Waals surface area contributed by atoms with Gasteiger partial charge in [0.25, 0.3) is 5.91 Å².